The quantitative estimate of drug-likeness (QED) is 0.674. The Morgan fingerprint density at radius 2 is 1.97 bits per heavy atom. The largest absolute Gasteiger partial charge is 0.491 e. The van der Waals surface area contributed by atoms with Crippen molar-refractivity contribution in [1.82, 2.24) is 20.3 Å². The van der Waals surface area contributed by atoms with E-state index in [9.17, 15) is 4.79 Å². The van der Waals surface area contributed by atoms with E-state index in [0.29, 0.717) is 30.3 Å². The van der Waals surface area contributed by atoms with Gasteiger partial charge in [0.05, 0.1) is 49.6 Å². The van der Waals surface area contributed by atoms with Crippen LogP contribution in [0.2, 0.25) is 0 Å². The smallest absolute Gasteiger partial charge is 0.260 e. The van der Waals surface area contributed by atoms with Crippen molar-refractivity contribution in [2.24, 2.45) is 0 Å². The average molecular weight is 405 g/mol. The zero-order valence-electron chi connectivity index (χ0n) is 17.4. The Hall–Kier alpha value is -3.52. The van der Waals surface area contributed by atoms with Gasteiger partial charge in [0.25, 0.3) is 11.8 Å². The first-order chi connectivity index (χ1) is 14.5. The Bertz CT molecular complexity index is 1120. The molecule has 0 radical (unpaired) electrons. The zero-order chi connectivity index (χ0) is 21.3. The fourth-order valence-corrected chi connectivity index (χ4v) is 3.65. The number of nitrogens with one attached hydrogen (secondary N) is 1. The predicted molar refractivity (Wildman–Crippen MR) is 113 cm³/mol. The molecular weight excluding hydrogens is 382 g/mol. The molecule has 0 spiro atoms. The van der Waals surface area contributed by atoms with Gasteiger partial charge >= 0.3 is 0 Å². The fourth-order valence-electron chi connectivity index (χ4n) is 3.65. The molecule has 3 aromatic rings. The lowest BCUT2D eigenvalue weighted by Crippen LogP contribution is -2.23. The van der Waals surface area contributed by atoms with Gasteiger partial charge in [0.15, 0.2) is 5.75 Å². The second kappa shape index (κ2) is 8.08. The van der Waals surface area contributed by atoms with Gasteiger partial charge in [-0.25, -0.2) is 4.98 Å². The molecule has 0 aliphatic carbocycles. The number of hydrogen-bond donors (Lipinski definition) is 1. The monoisotopic (exact) mass is 405 g/mol. The van der Waals surface area contributed by atoms with E-state index < -0.39 is 0 Å². The summed E-state index contributed by atoms with van der Waals surface area (Å²) < 4.78 is 10.6. The molecular formula is C22H23N5O3. The summed E-state index contributed by atoms with van der Waals surface area (Å²) in [5, 5.41) is 3.10. The number of fused-ring (bicyclic) bond motifs is 1. The van der Waals surface area contributed by atoms with Crippen LogP contribution >= 0.6 is 0 Å². The molecule has 0 atom stereocenters. The summed E-state index contributed by atoms with van der Waals surface area (Å²) >= 11 is 0. The normalized spacial score (nSPS) is 12.8. The first kappa shape index (κ1) is 19.8. The van der Waals surface area contributed by atoms with Gasteiger partial charge in [-0.15, -0.1) is 0 Å². The van der Waals surface area contributed by atoms with E-state index in [1.807, 2.05) is 32.2 Å². The molecule has 0 unspecified atom stereocenters. The highest BCUT2D eigenvalue weighted by Gasteiger charge is 2.32. The predicted octanol–water partition coefficient (Wildman–Crippen LogP) is 2.74. The number of carbonyl (C=O) groups is 1. The van der Waals surface area contributed by atoms with Gasteiger partial charge in [-0.05, 0) is 43.3 Å². The zero-order valence-corrected chi connectivity index (χ0v) is 17.4. The lowest BCUT2D eigenvalue weighted by Gasteiger charge is -2.16. The third-order valence-corrected chi connectivity index (χ3v) is 5.06. The van der Waals surface area contributed by atoms with Crippen molar-refractivity contribution in [1.29, 1.82) is 0 Å². The number of aromatic nitrogens is 3. The van der Waals surface area contributed by atoms with E-state index in [1.165, 1.54) is 0 Å². The maximum absolute atomic E-state index is 13.1. The van der Waals surface area contributed by atoms with E-state index in [2.05, 4.69) is 15.3 Å². The van der Waals surface area contributed by atoms with E-state index >= 15 is 0 Å². The minimum atomic E-state index is -0.0598. The molecule has 0 bridgehead atoms. The molecule has 154 valence electrons. The number of ether oxygens (including phenoxy) is 2. The molecule has 0 saturated heterocycles. The van der Waals surface area contributed by atoms with E-state index in [0.717, 1.165) is 33.8 Å². The molecule has 30 heavy (non-hydrogen) atoms. The summed E-state index contributed by atoms with van der Waals surface area (Å²) in [5.74, 6) is 0.880. The molecule has 0 saturated carbocycles. The van der Waals surface area contributed by atoms with Crippen LogP contribution in [0.5, 0.6) is 11.6 Å². The van der Waals surface area contributed by atoms with Crippen molar-refractivity contribution in [3.63, 3.8) is 0 Å². The third kappa shape index (κ3) is 3.46. The minimum Gasteiger partial charge on any atom is -0.491 e. The number of amides is 1. The van der Waals surface area contributed by atoms with Crippen molar-refractivity contribution in [3.05, 3.63) is 59.2 Å². The van der Waals surface area contributed by atoms with E-state index in [4.69, 9.17) is 14.5 Å². The van der Waals surface area contributed by atoms with Crippen LogP contribution < -0.4 is 19.7 Å². The third-order valence-electron chi connectivity index (χ3n) is 5.06. The molecule has 8 heteroatoms. The van der Waals surface area contributed by atoms with Gasteiger partial charge in [0, 0.05) is 24.5 Å². The van der Waals surface area contributed by atoms with Gasteiger partial charge in [0.2, 0.25) is 0 Å². The van der Waals surface area contributed by atoms with Crippen molar-refractivity contribution in [2.45, 2.75) is 20.0 Å². The van der Waals surface area contributed by atoms with Crippen LogP contribution in [0, 0.1) is 6.92 Å². The second-order valence-electron chi connectivity index (χ2n) is 7.05. The molecule has 1 amide bonds. The molecule has 3 aromatic heterocycles. The van der Waals surface area contributed by atoms with Crippen LogP contribution in [0.4, 0.5) is 5.69 Å². The summed E-state index contributed by atoms with van der Waals surface area (Å²) in [6.45, 7) is 3.01. The highest BCUT2D eigenvalue weighted by molar-refractivity contribution is 6.10. The summed E-state index contributed by atoms with van der Waals surface area (Å²) in [5.41, 5.74) is 5.56. The van der Waals surface area contributed by atoms with Gasteiger partial charge in [-0.1, -0.05) is 0 Å². The lowest BCUT2D eigenvalue weighted by atomic mass is 10.0. The Labute approximate surface area is 174 Å². The van der Waals surface area contributed by atoms with E-state index in [1.54, 1.807) is 37.7 Å². The van der Waals surface area contributed by atoms with E-state index in [-0.39, 0.29) is 5.91 Å². The summed E-state index contributed by atoms with van der Waals surface area (Å²) in [6.07, 6.45) is 5.19. The SMILES string of the molecule is CNCc1cncc(N2Cc3nc(-c4cnc(OC)c(OC)c4)cc(C)c3C2=O)c1. The van der Waals surface area contributed by atoms with Crippen molar-refractivity contribution < 1.29 is 14.3 Å². The summed E-state index contributed by atoms with van der Waals surface area (Å²) in [6, 6.07) is 5.71. The Balaban J connectivity index is 1.70. The number of pyridine rings is 3. The standard InChI is InChI=1S/C22H23N5O3/c1-13-5-17(15-7-19(29-3)21(30-4)25-10-15)26-18-12-27(22(28)20(13)18)16-6-14(8-23-2)9-24-11-16/h5-7,9-11,23H,8,12H2,1-4H3. The molecule has 0 aromatic carbocycles. The first-order valence-corrected chi connectivity index (χ1v) is 9.55. The van der Waals surface area contributed by atoms with Gasteiger partial charge < -0.3 is 19.7 Å². The second-order valence-corrected chi connectivity index (χ2v) is 7.05. The van der Waals surface area contributed by atoms with Gasteiger partial charge in [-0.2, -0.15) is 0 Å². The lowest BCUT2D eigenvalue weighted by molar-refractivity contribution is 0.0996. The minimum absolute atomic E-state index is 0.0598. The molecule has 8 nitrogen and oxygen atoms in total. The highest BCUT2D eigenvalue weighted by Crippen LogP contribution is 2.34. The summed E-state index contributed by atoms with van der Waals surface area (Å²) in [4.78, 5) is 28.2. The van der Waals surface area contributed by atoms with Crippen molar-refractivity contribution in [3.8, 4) is 22.9 Å². The Morgan fingerprint density at radius 3 is 2.70 bits per heavy atom. The highest BCUT2D eigenvalue weighted by atomic mass is 16.5. The number of aryl methyl sites for hydroxylation is 1. The molecule has 4 heterocycles. The number of rotatable bonds is 6. The van der Waals surface area contributed by atoms with Crippen LogP contribution in [0.3, 0.4) is 0 Å². The maximum atomic E-state index is 13.1. The van der Waals surface area contributed by atoms with Crippen molar-refractivity contribution in [2.75, 3.05) is 26.2 Å². The molecule has 1 aliphatic rings. The Kier molecular flexibility index (Phi) is 5.33. The molecule has 1 aliphatic heterocycles. The molecule has 0 fully saturated rings. The number of hydrogen-bond acceptors (Lipinski definition) is 7. The van der Waals surface area contributed by atoms with Crippen LogP contribution in [0.15, 0.2) is 36.8 Å². The van der Waals surface area contributed by atoms with Crippen molar-refractivity contribution >= 4 is 11.6 Å². The fraction of sp³-hybridized carbons (Fsp3) is 0.273. The van der Waals surface area contributed by atoms with Crippen LogP contribution in [-0.4, -0.2) is 42.1 Å². The number of carbonyl (C=O) groups excluding carboxylic acids is 1. The van der Waals surface area contributed by atoms with Crippen LogP contribution in [0.1, 0.15) is 27.2 Å². The number of anilines is 1. The topological polar surface area (TPSA) is 89.5 Å². The molecule has 1 N–H and O–H groups in total. The van der Waals surface area contributed by atoms with Crippen LogP contribution in [0.25, 0.3) is 11.3 Å². The number of nitrogens with zero attached hydrogens (tertiary/aromatic N) is 4. The first-order valence-electron chi connectivity index (χ1n) is 9.55. The van der Waals surface area contributed by atoms with Gasteiger partial charge in [-0.3, -0.25) is 14.8 Å². The summed E-state index contributed by atoms with van der Waals surface area (Å²) in [7, 11) is 4.99. The number of methoxy groups -OCH3 is 2. The van der Waals surface area contributed by atoms with Gasteiger partial charge in [0.1, 0.15) is 0 Å². The maximum Gasteiger partial charge on any atom is 0.260 e. The van der Waals surface area contributed by atoms with Crippen LogP contribution in [-0.2, 0) is 13.1 Å². The Morgan fingerprint density at radius 1 is 1.13 bits per heavy atom. The average Bonchev–Trinajstić information content (AvgIpc) is 3.10. The molecule has 4 rings (SSSR count).